The summed E-state index contributed by atoms with van der Waals surface area (Å²) in [7, 11) is -1.67. The molecule has 0 radical (unpaired) electrons. The van der Waals surface area contributed by atoms with E-state index in [0.29, 0.717) is 5.33 Å². The van der Waals surface area contributed by atoms with Crippen molar-refractivity contribution in [3.8, 4) is 0 Å². The van der Waals surface area contributed by atoms with E-state index < -0.39 is 10.0 Å². The van der Waals surface area contributed by atoms with Gasteiger partial charge in [-0.1, -0.05) is 35.0 Å². The summed E-state index contributed by atoms with van der Waals surface area (Å²) in [5.41, 5.74) is 2.85. The van der Waals surface area contributed by atoms with Gasteiger partial charge in [0, 0.05) is 30.7 Å². The molecule has 1 aromatic carbocycles. The van der Waals surface area contributed by atoms with Crippen LogP contribution in [0.25, 0.3) is 0 Å². The second-order valence-electron chi connectivity index (χ2n) is 4.73. The Bertz CT molecular complexity index is 708. The van der Waals surface area contributed by atoms with Gasteiger partial charge in [0.2, 0.25) is 10.0 Å². The first-order valence-corrected chi connectivity index (χ1v) is 9.22. The van der Waals surface area contributed by atoms with Crippen LogP contribution in [0.3, 0.4) is 0 Å². The molecule has 2 rings (SSSR count). The highest BCUT2D eigenvalue weighted by atomic mass is 79.9. The van der Waals surface area contributed by atoms with Crippen molar-refractivity contribution in [2.75, 3.05) is 0 Å². The van der Waals surface area contributed by atoms with Crippen molar-refractivity contribution in [1.29, 1.82) is 0 Å². The van der Waals surface area contributed by atoms with Gasteiger partial charge in [0.25, 0.3) is 0 Å². The largest absolute Gasteiger partial charge is 0.275 e. The maximum atomic E-state index is 12.3. The van der Waals surface area contributed by atoms with Crippen molar-refractivity contribution >= 4 is 26.0 Å². The average molecular weight is 372 g/mol. The van der Waals surface area contributed by atoms with Crippen molar-refractivity contribution in [1.82, 2.24) is 14.5 Å². The van der Waals surface area contributed by atoms with Gasteiger partial charge in [-0.3, -0.25) is 4.68 Å². The predicted octanol–water partition coefficient (Wildman–Crippen LogP) is 2.36. The zero-order valence-corrected chi connectivity index (χ0v) is 14.4. The molecule has 5 nitrogen and oxygen atoms in total. The van der Waals surface area contributed by atoms with Crippen LogP contribution in [0, 0.1) is 0 Å². The molecule has 0 fully saturated rings. The van der Waals surface area contributed by atoms with Crippen LogP contribution in [0.2, 0.25) is 0 Å². The molecule has 2 aromatic rings. The summed E-state index contributed by atoms with van der Waals surface area (Å²) in [6, 6.07) is 6.82. The molecule has 0 bridgehead atoms. The normalized spacial score (nSPS) is 11.8. The van der Waals surface area contributed by atoms with E-state index in [1.807, 2.05) is 20.2 Å². The minimum absolute atomic E-state index is 0.250. The van der Waals surface area contributed by atoms with Gasteiger partial charge in [0.15, 0.2) is 0 Å². The summed E-state index contributed by atoms with van der Waals surface area (Å²) in [6.45, 7) is 2.25. The number of hydrogen-bond acceptors (Lipinski definition) is 3. The number of alkyl halides is 1. The second kappa shape index (κ2) is 6.72. The molecule has 0 aliphatic heterocycles. The van der Waals surface area contributed by atoms with Crippen molar-refractivity contribution < 1.29 is 8.42 Å². The van der Waals surface area contributed by atoms with Crippen LogP contribution in [-0.2, 0) is 35.4 Å². The summed E-state index contributed by atoms with van der Waals surface area (Å²) in [4.78, 5) is 0.272. The van der Waals surface area contributed by atoms with Gasteiger partial charge in [-0.15, -0.1) is 0 Å². The Hall–Kier alpha value is -1.18. The molecule has 1 N–H and O–H groups in total. The van der Waals surface area contributed by atoms with E-state index in [1.165, 1.54) is 0 Å². The predicted molar refractivity (Wildman–Crippen MR) is 85.7 cm³/mol. The van der Waals surface area contributed by atoms with Gasteiger partial charge in [-0.2, -0.15) is 5.10 Å². The Kier molecular flexibility index (Phi) is 5.18. The number of aryl methyl sites for hydroxylation is 2. The lowest BCUT2D eigenvalue weighted by molar-refractivity contribution is 0.581. The third kappa shape index (κ3) is 3.93. The first-order chi connectivity index (χ1) is 9.96. The molecule has 0 aliphatic carbocycles. The number of benzene rings is 1. The minimum Gasteiger partial charge on any atom is -0.275 e. The second-order valence-corrected chi connectivity index (χ2v) is 7.06. The molecule has 0 amide bonds. The van der Waals surface area contributed by atoms with E-state index in [0.717, 1.165) is 23.2 Å². The Balaban J connectivity index is 2.13. The first-order valence-electron chi connectivity index (χ1n) is 6.62. The smallest absolute Gasteiger partial charge is 0.240 e. The Labute approximate surface area is 133 Å². The van der Waals surface area contributed by atoms with Crippen LogP contribution in [0.1, 0.15) is 23.7 Å². The number of aromatic nitrogens is 2. The molecule has 7 heteroatoms. The quantitative estimate of drug-likeness (QED) is 0.792. The number of nitrogens with zero attached hydrogens (tertiary/aromatic N) is 2. The van der Waals surface area contributed by atoms with Gasteiger partial charge in [0.05, 0.1) is 10.6 Å². The van der Waals surface area contributed by atoms with Crippen molar-refractivity contribution in [3.05, 3.63) is 47.3 Å². The molecule has 0 saturated carbocycles. The fraction of sp³-hybridized carbons (Fsp3) is 0.357. The zero-order valence-electron chi connectivity index (χ0n) is 12.0. The van der Waals surface area contributed by atoms with Crippen molar-refractivity contribution in [3.63, 3.8) is 0 Å². The van der Waals surface area contributed by atoms with Gasteiger partial charge in [-0.05, 0) is 24.1 Å². The maximum absolute atomic E-state index is 12.3. The van der Waals surface area contributed by atoms with E-state index in [9.17, 15) is 8.42 Å². The lowest BCUT2D eigenvalue weighted by Crippen LogP contribution is -2.23. The monoisotopic (exact) mass is 371 g/mol. The molecule has 114 valence electrons. The number of sulfonamides is 1. The molecule has 1 heterocycles. The Morgan fingerprint density at radius 3 is 2.52 bits per heavy atom. The third-order valence-corrected chi connectivity index (χ3v) is 5.23. The average Bonchev–Trinajstić information content (AvgIpc) is 2.85. The van der Waals surface area contributed by atoms with Crippen LogP contribution >= 0.6 is 15.9 Å². The van der Waals surface area contributed by atoms with Crippen LogP contribution in [0.5, 0.6) is 0 Å². The highest BCUT2D eigenvalue weighted by Gasteiger charge is 2.15. The minimum atomic E-state index is -3.50. The highest BCUT2D eigenvalue weighted by Crippen LogP contribution is 2.14. The van der Waals surface area contributed by atoms with Crippen LogP contribution in [0.4, 0.5) is 0 Å². The summed E-state index contributed by atoms with van der Waals surface area (Å²) in [5.74, 6) is 0. The van der Waals surface area contributed by atoms with E-state index in [1.54, 1.807) is 28.9 Å². The summed E-state index contributed by atoms with van der Waals surface area (Å²) in [6.07, 6.45) is 2.62. The van der Waals surface area contributed by atoms with Crippen LogP contribution < -0.4 is 4.72 Å². The highest BCUT2D eigenvalue weighted by molar-refractivity contribution is 9.08. The number of halogens is 1. The van der Waals surface area contributed by atoms with Gasteiger partial charge in [-0.25, -0.2) is 13.1 Å². The maximum Gasteiger partial charge on any atom is 0.240 e. The summed E-state index contributed by atoms with van der Waals surface area (Å²) in [5, 5.41) is 5.01. The molecule has 0 spiro atoms. The molecular formula is C14H18BrN3O2S. The number of rotatable bonds is 6. The molecular weight excluding hydrogens is 354 g/mol. The topological polar surface area (TPSA) is 64.0 Å². The van der Waals surface area contributed by atoms with E-state index in [-0.39, 0.29) is 11.4 Å². The molecule has 1 aromatic heterocycles. The van der Waals surface area contributed by atoms with Crippen LogP contribution in [-0.4, -0.2) is 18.2 Å². The molecule has 0 aliphatic rings. The van der Waals surface area contributed by atoms with Gasteiger partial charge < -0.3 is 0 Å². The lowest BCUT2D eigenvalue weighted by atomic mass is 10.2. The molecule has 21 heavy (non-hydrogen) atoms. The van der Waals surface area contributed by atoms with E-state index >= 15 is 0 Å². The lowest BCUT2D eigenvalue weighted by Gasteiger charge is -2.07. The molecule has 0 saturated heterocycles. The molecule has 0 atom stereocenters. The molecule has 0 unspecified atom stereocenters. The number of nitrogens with one attached hydrogen (secondary N) is 1. The van der Waals surface area contributed by atoms with Gasteiger partial charge in [0.1, 0.15) is 0 Å². The van der Waals surface area contributed by atoms with Crippen LogP contribution in [0.15, 0.2) is 35.4 Å². The standard InChI is InChI=1S/C14H18BrN3O2S/c1-3-14-12(10-18(2)17-14)9-16-21(19,20)13-6-4-11(8-15)5-7-13/h4-7,10,16H,3,8-9H2,1-2H3. The first kappa shape index (κ1) is 16.2. The summed E-state index contributed by atoms with van der Waals surface area (Å²) < 4.78 is 28.8. The van der Waals surface area contributed by atoms with Gasteiger partial charge >= 0.3 is 0 Å². The van der Waals surface area contributed by atoms with E-state index in [2.05, 4.69) is 25.8 Å². The van der Waals surface area contributed by atoms with E-state index in [4.69, 9.17) is 0 Å². The van der Waals surface area contributed by atoms with Crippen molar-refractivity contribution in [2.45, 2.75) is 30.1 Å². The fourth-order valence-electron chi connectivity index (χ4n) is 2.04. The fourth-order valence-corrected chi connectivity index (χ4v) is 3.42. The number of hydrogen-bond donors (Lipinski definition) is 1. The van der Waals surface area contributed by atoms with Crippen molar-refractivity contribution in [2.24, 2.45) is 7.05 Å². The zero-order chi connectivity index (χ0) is 15.5. The summed E-state index contributed by atoms with van der Waals surface area (Å²) >= 11 is 3.34. The SMILES string of the molecule is CCc1nn(C)cc1CNS(=O)(=O)c1ccc(CBr)cc1. The Morgan fingerprint density at radius 1 is 1.29 bits per heavy atom. The third-order valence-electron chi connectivity index (χ3n) is 3.17. The Morgan fingerprint density at radius 2 is 1.95 bits per heavy atom.